The van der Waals surface area contributed by atoms with Gasteiger partial charge in [0.05, 0.1) is 17.4 Å². The maximum atomic E-state index is 11.8. The first-order valence-corrected chi connectivity index (χ1v) is 6.29. The molecule has 0 aliphatic rings. The van der Waals surface area contributed by atoms with E-state index in [1.807, 2.05) is 0 Å². The molecule has 0 heterocycles. The van der Waals surface area contributed by atoms with Crippen LogP contribution in [0.2, 0.25) is 0 Å². The van der Waals surface area contributed by atoms with E-state index in [-0.39, 0.29) is 24.7 Å². The Balaban J connectivity index is 2.59. The maximum absolute atomic E-state index is 11.8. The molecule has 0 fully saturated rings. The Labute approximate surface area is 121 Å². The second-order valence-electron chi connectivity index (χ2n) is 4.59. The van der Waals surface area contributed by atoms with Crippen LogP contribution in [0, 0.1) is 10.1 Å². The molecule has 2 amide bonds. The lowest BCUT2D eigenvalue weighted by Gasteiger charge is -2.21. The van der Waals surface area contributed by atoms with E-state index in [2.05, 4.69) is 5.32 Å². The van der Waals surface area contributed by atoms with Gasteiger partial charge in [-0.1, -0.05) is 12.1 Å². The number of nitrogens with zero attached hydrogens (tertiary/aromatic N) is 2. The number of benzene rings is 1. The molecule has 1 aromatic rings. The largest absolute Gasteiger partial charge is 0.481 e. The Morgan fingerprint density at radius 2 is 1.95 bits per heavy atom. The summed E-state index contributed by atoms with van der Waals surface area (Å²) in [6.45, 7) is 1.85. The summed E-state index contributed by atoms with van der Waals surface area (Å²) in [5.74, 6) is -0.974. The zero-order valence-electron chi connectivity index (χ0n) is 11.8. The van der Waals surface area contributed by atoms with Crippen LogP contribution < -0.4 is 5.32 Å². The van der Waals surface area contributed by atoms with Crippen LogP contribution in [0.5, 0.6) is 0 Å². The molecule has 8 nitrogen and oxygen atoms in total. The number of hydrogen-bond acceptors (Lipinski definition) is 4. The van der Waals surface area contributed by atoms with E-state index in [0.717, 1.165) is 5.56 Å². The maximum Gasteiger partial charge on any atom is 0.317 e. The molecule has 0 aliphatic heterocycles. The van der Waals surface area contributed by atoms with Gasteiger partial charge in [0.25, 0.3) is 5.69 Å². The molecule has 0 bridgehead atoms. The fraction of sp³-hybridized carbons (Fsp3) is 0.385. The molecule has 8 heteroatoms. The van der Waals surface area contributed by atoms with Crippen molar-refractivity contribution >= 4 is 17.7 Å². The van der Waals surface area contributed by atoms with Crippen molar-refractivity contribution in [2.75, 3.05) is 13.6 Å². The monoisotopic (exact) mass is 295 g/mol. The fourth-order valence-electron chi connectivity index (χ4n) is 1.63. The van der Waals surface area contributed by atoms with Gasteiger partial charge < -0.3 is 15.3 Å². The first kappa shape index (κ1) is 16.4. The zero-order valence-corrected chi connectivity index (χ0v) is 11.8. The normalized spacial score (nSPS) is 11.5. The van der Waals surface area contributed by atoms with E-state index in [0.29, 0.717) is 0 Å². The number of aliphatic carboxylic acids is 1. The number of amides is 2. The van der Waals surface area contributed by atoms with Crippen molar-refractivity contribution in [2.45, 2.75) is 19.4 Å². The van der Waals surface area contributed by atoms with E-state index in [1.54, 1.807) is 19.1 Å². The minimum absolute atomic E-state index is 0.0177. The van der Waals surface area contributed by atoms with Crippen LogP contribution in [0.1, 0.15) is 24.9 Å². The first-order chi connectivity index (χ1) is 9.81. The number of nitro benzene ring substituents is 1. The zero-order chi connectivity index (χ0) is 16.0. The van der Waals surface area contributed by atoms with Gasteiger partial charge in [-0.2, -0.15) is 0 Å². The number of carbonyl (C=O) groups excluding carboxylic acids is 1. The minimum Gasteiger partial charge on any atom is -0.481 e. The molecule has 0 spiro atoms. The van der Waals surface area contributed by atoms with Gasteiger partial charge in [0.15, 0.2) is 0 Å². The van der Waals surface area contributed by atoms with Crippen LogP contribution in [0.15, 0.2) is 24.3 Å². The summed E-state index contributed by atoms with van der Waals surface area (Å²) in [7, 11) is 1.50. The molecule has 2 N–H and O–H groups in total. The van der Waals surface area contributed by atoms with Gasteiger partial charge in [0.1, 0.15) is 0 Å². The van der Waals surface area contributed by atoms with Gasteiger partial charge in [0, 0.05) is 25.7 Å². The van der Waals surface area contributed by atoms with Gasteiger partial charge in [-0.3, -0.25) is 14.9 Å². The summed E-state index contributed by atoms with van der Waals surface area (Å²) in [4.78, 5) is 33.6. The third-order valence-corrected chi connectivity index (χ3v) is 2.95. The number of rotatable bonds is 6. The van der Waals surface area contributed by atoms with E-state index >= 15 is 0 Å². The molecule has 0 aromatic heterocycles. The van der Waals surface area contributed by atoms with Gasteiger partial charge in [-0.15, -0.1) is 0 Å². The van der Waals surface area contributed by atoms with Crippen molar-refractivity contribution in [1.29, 1.82) is 0 Å². The molecule has 1 rings (SSSR count). The summed E-state index contributed by atoms with van der Waals surface area (Å²) in [5, 5.41) is 21.8. The lowest BCUT2D eigenvalue weighted by molar-refractivity contribution is -0.384. The highest BCUT2D eigenvalue weighted by atomic mass is 16.6. The Morgan fingerprint density at radius 3 is 2.43 bits per heavy atom. The van der Waals surface area contributed by atoms with Crippen molar-refractivity contribution in [3.63, 3.8) is 0 Å². The molecule has 114 valence electrons. The van der Waals surface area contributed by atoms with Crippen LogP contribution in [-0.2, 0) is 4.79 Å². The van der Waals surface area contributed by atoms with Gasteiger partial charge in [0.2, 0.25) is 0 Å². The molecular weight excluding hydrogens is 278 g/mol. The molecule has 0 unspecified atom stereocenters. The van der Waals surface area contributed by atoms with Crippen molar-refractivity contribution in [2.24, 2.45) is 0 Å². The summed E-state index contributed by atoms with van der Waals surface area (Å²) >= 11 is 0. The van der Waals surface area contributed by atoms with Crippen molar-refractivity contribution in [3.8, 4) is 0 Å². The number of nitrogens with one attached hydrogen (secondary N) is 1. The highest BCUT2D eigenvalue weighted by Gasteiger charge is 2.15. The first-order valence-electron chi connectivity index (χ1n) is 6.29. The minimum atomic E-state index is -0.974. The Kier molecular flexibility index (Phi) is 5.65. The molecule has 0 saturated heterocycles. The molecule has 0 radical (unpaired) electrons. The third kappa shape index (κ3) is 5.09. The molecule has 0 aliphatic carbocycles. The number of nitro groups is 1. The van der Waals surface area contributed by atoms with Crippen molar-refractivity contribution in [3.05, 3.63) is 39.9 Å². The number of urea groups is 1. The average Bonchev–Trinajstić information content (AvgIpc) is 2.44. The third-order valence-electron chi connectivity index (χ3n) is 2.95. The summed E-state index contributed by atoms with van der Waals surface area (Å²) in [6.07, 6.45) is -0.129. The van der Waals surface area contributed by atoms with Crippen LogP contribution in [0.3, 0.4) is 0 Å². The SMILES string of the molecule is C[C@H](NC(=O)N(C)CCC(=O)O)c1ccc([N+](=O)[O-])cc1. The number of carbonyl (C=O) groups is 2. The number of carboxylic acid groups (broad SMARTS) is 1. The number of carboxylic acids is 1. The van der Waals surface area contributed by atoms with E-state index in [1.165, 1.54) is 24.1 Å². The number of hydrogen-bond donors (Lipinski definition) is 2. The summed E-state index contributed by atoms with van der Waals surface area (Å²) in [5.41, 5.74) is 0.705. The van der Waals surface area contributed by atoms with E-state index in [9.17, 15) is 19.7 Å². The van der Waals surface area contributed by atoms with Crippen LogP contribution in [0.25, 0.3) is 0 Å². The smallest absolute Gasteiger partial charge is 0.317 e. The standard InChI is InChI=1S/C13H17N3O5/c1-9(10-3-5-11(6-4-10)16(20)21)14-13(19)15(2)8-7-12(17)18/h3-6,9H,7-8H2,1-2H3,(H,14,19)(H,17,18)/t9-/m0/s1. The van der Waals surface area contributed by atoms with Crippen molar-refractivity contribution < 1.29 is 19.6 Å². The quantitative estimate of drug-likeness (QED) is 0.613. The fourth-order valence-corrected chi connectivity index (χ4v) is 1.63. The summed E-state index contributed by atoms with van der Waals surface area (Å²) < 4.78 is 0. The van der Waals surface area contributed by atoms with Crippen molar-refractivity contribution in [1.82, 2.24) is 10.2 Å². The Morgan fingerprint density at radius 1 is 1.38 bits per heavy atom. The molecule has 1 aromatic carbocycles. The molecule has 1 atom stereocenters. The Hall–Kier alpha value is -2.64. The van der Waals surface area contributed by atoms with Gasteiger partial charge in [-0.25, -0.2) is 4.79 Å². The predicted octanol–water partition coefficient (Wildman–Crippen LogP) is 1.77. The lowest BCUT2D eigenvalue weighted by atomic mass is 10.1. The van der Waals surface area contributed by atoms with E-state index in [4.69, 9.17) is 5.11 Å². The number of non-ortho nitro benzene ring substituents is 1. The lowest BCUT2D eigenvalue weighted by Crippen LogP contribution is -2.39. The van der Waals surface area contributed by atoms with Crippen LogP contribution in [0.4, 0.5) is 10.5 Å². The second-order valence-corrected chi connectivity index (χ2v) is 4.59. The predicted molar refractivity (Wildman–Crippen MR) is 74.9 cm³/mol. The highest BCUT2D eigenvalue weighted by Crippen LogP contribution is 2.17. The molecule has 0 saturated carbocycles. The van der Waals surface area contributed by atoms with Gasteiger partial charge in [-0.05, 0) is 12.5 Å². The Bertz CT molecular complexity index is 529. The van der Waals surface area contributed by atoms with E-state index < -0.39 is 16.9 Å². The summed E-state index contributed by atoms with van der Waals surface area (Å²) in [6, 6.07) is 5.13. The molecule has 21 heavy (non-hydrogen) atoms. The van der Waals surface area contributed by atoms with Crippen LogP contribution >= 0.6 is 0 Å². The molecular formula is C13H17N3O5. The topological polar surface area (TPSA) is 113 Å². The second kappa shape index (κ2) is 7.22. The highest BCUT2D eigenvalue weighted by molar-refractivity contribution is 5.75. The average molecular weight is 295 g/mol. The van der Waals surface area contributed by atoms with Crippen LogP contribution in [-0.4, -0.2) is 40.5 Å². The van der Waals surface area contributed by atoms with Gasteiger partial charge >= 0.3 is 12.0 Å².